The first kappa shape index (κ1) is 15.5. The predicted octanol–water partition coefficient (Wildman–Crippen LogP) is 3.13. The van der Waals surface area contributed by atoms with Crippen LogP contribution in [0.1, 0.15) is 59.8 Å². The minimum absolute atomic E-state index is 0.173. The van der Waals surface area contributed by atoms with Crippen LogP contribution in [0.5, 0.6) is 0 Å². The van der Waals surface area contributed by atoms with E-state index in [1.54, 1.807) is 0 Å². The van der Waals surface area contributed by atoms with Crippen molar-refractivity contribution in [1.82, 2.24) is 5.32 Å². The second kappa shape index (κ2) is 6.55. The van der Waals surface area contributed by atoms with E-state index in [4.69, 9.17) is 4.74 Å². The number of hydrogen-bond donors (Lipinski definition) is 1. The van der Waals surface area contributed by atoms with Crippen LogP contribution in [-0.2, 0) is 9.53 Å². The van der Waals surface area contributed by atoms with E-state index in [-0.39, 0.29) is 5.97 Å². The number of rotatable bonds is 5. The summed E-state index contributed by atoms with van der Waals surface area (Å²) >= 11 is 0. The number of nitrogens with one attached hydrogen (secondary N) is 1. The van der Waals surface area contributed by atoms with Crippen LogP contribution in [0.4, 0.5) is 0 Å². The molecule has 1 aliphatic carbocycles. The highest BCUT2D eigenvalue weighted by molar-refractivity contribution is 5.79. The molecule has 0 heterocycles. The van der Waals surface area contributed by atoms with Gasteiger partial charge in [0, 0.05) is 6.04 Å². The van der Waals surface area contributed by atoms with Gasteiger partial charge in [0.05, 0.1) is 7.11 Å². The second-order valence-corrected chi connectivity index (χ2v) is 6.62. The van der Waals surface area contributed by atoms with Crippen LogP contribution in [0, 0.1) is 11.8 Å². The first-order valence-corrected chi connectivity index (χ1v) is 7.21. The molecule has 0 aromatic heterocycles. The summed E-state index contributed by atoms with van der Waals surface area (Å²) in [5.41, 5.74) is -0.570. The molecular weight excluding hydrogens is 226 g/mol. The Balaban J connectivity index is 2.49. The lowest BCUT2D eigenvalue weighted by atomic mass is 9.80. The van der Waals surface area contributed by atoms with Crippen LogP contribution in [0.25, 0.3) is 0 Å². The number of hydrogen-bond acceptors (Lipinski definition) is 3. The molecule has 0 amide bonds. The van der Waals surface area contributed by atoms with Crippen molar-refractivity contribution < 1.29 is 9.53 Å². The molecule has 1 aliphatic rings. The molecule has 1 N–H and O–H groups in total. The molecule has 0 saturated heterocycles. The Morgan fingerprint density at radius 1 is 1.39 bits per heavy atom. The highest BCUT2D eigenvalue weighted by Crippen LogP contribution is 2.30. The molecule has 1 fully saturated rings. The summed E-state index contributed by atoms with van der Waals surface area (Å²) in [5, 5.41) is 3.47. The second-order valence-electron chi connectivity index (χ2n) is 6.62. The summed E-state index contributed by atoms with van der Waals surface area (Å²) in [7, 11) is 1.45. The molecule has 0 radical (unpaired) electrons. The van der Waals surface area contributed by atoms with Gasteiger partial charge in [0.15, 0.2) is 0 Å². The third-order valence-corrected chi connectivity index (χ3v) is 3.85. The quantitative estimate of drug-likeness (QED) is 0.767. The Labute approximate surface area is 112 Å². The monoisotopic (exact) mass is 255 g/mol. The molecule has 1 rings (SSSR count). The van der Waals surface area contributed by atoms with Crippen molar-refractivity contribution in [2.75, 3.05) is 7.11 Å². The Bertz CT molecular complexity index is 274. The maximum Gasteiger partial charge on any atom is 0.325 e. The van der Waals surface area contributed by atoms with Crippen LogP contribution in [0.3, 0.4) is 0 Å². The van der Waals surface area contributed by atoms with Crippen molar-refractivity contribution in [3.63, 3.8) is 0 Å². The number of carbonyl (C=O) groups excluding carboxylic acids is 1. The van der Waals surface area contributed by atoms with Gasteiger partial charge >= 0.3 is 5.97 Å². The summed E-state index contributed by atoms with van der Waals surface area (Å²) in [5.74, 6) is 1.40. The zero-order valence-corrected chi connectivity index (χ0v) is 12.6. The molecule has 0 aliphatic heterocycles. The van der Waals surface area contributed by atoms with E-state index in [1.807, 2.05) is 13.8 Å². The van der Waals surface area contributed by atoms with Gasteiger partial charge in [-0.15, -0.1) is 0 Å². The van der Waals surface area contributed by atoms with Gasteiger partial charge in [0.1, 0.15) is 5.54 Å². The first-order valence-electron chi connectivity index (χ1n) is 7.21. The third-order valence-electron chi connectivity index (χ3n) is 3.85. The van der Waals surface area contributed by atoms with Crippen LogP contribution < -0.4 is 5.32 Å². The molecule has 1 saturated carbocycles. The van der Waals surface area contributed by atoms with Gasteiger partial charge in [-0.1, -0.05) is 26.7 Å². The van der Waals surface area contributed by atoms with Crippen molar-refractivity contribution in [2.24, 2.45) is 11.8 Å². The lowest BCUT2D eigenvalue weighted by Gasteiger charge is -2.35. The standard InChI is InChI=1S/C15H29NO2/c1-11(2)9-12-7-6-8-13(10-12)16-15(3,4)14(17)18-5/h11-13,16H,6-10H2,1-5H3. The fourth-order valence-corrected chi connectivity index (χ4v) is 3.13. The van der Waals surface area contributed by atoms with Crippen LogP contribution in [0.15, 0.2) is 0 Å². The Morgan fingerprint density at radius 2 is 2.06 bits per heavy atom. The highest BCUT2D eigenvalue weighted by atomic mass is 16.5. The Hall–Kier alpha value is -0.570. The molecule has 3 heteroatoms. The minimum atomic E-state index is -0.570. The summed E-state index contributed by atoms with van der Waals surface area (Å²) < 4.78 is 4.85. The maximum absolute atomic E-state index is 11.7. The van der Waals surface area contributed by atoms with E-state index >= 15 is 0 Å². The van der Waals surface area contributed by atoms with Gasteiger partial charge < -0.3 is 4.74 Å². The fraction of sp³-hybridized carbons (Fsp3) is 0.933. The molecule has 2 atom stereocenters. The van der Waals surface area contributed by atoms with Crippen molar-refractivity contribution in [1.29, 1.82) is 0 Å². The molecule has 18 heavy (non-hydrogen) atoms. The minimum Gasteiger partial charge on any atom is -0.468 e. The number of ether oxygens (including phenoxy) is 1. The largest absolute Gasteiger partial charge is 0.468 e. The molecule has 106 valence electrons. The first-order chi connectivity index (χ1) is 8.35. The van der Waals surface area contributed by atoms with Gasteiger partial charge in [-0.2, -0.15) is 0 Å². The number of esters is 1. The van der Waals surface area contributed by atoms with Crippen LogP contribution in [-0.4, -0.2) is 24.7 Å². The smallest absolute Gasteiger partial charge is 0.325 e. The maximum atomic E-state index is 11.7. The summed E-state index contributed by atoms with van der Waals surface area (Å²) in [6.45, 7) is 8.39. The van der Waals surface area contributed by atoms with Gasteiger partial charge in [-0.3, -0.25) is 10.1 Å². The van der Waals surface area contributed by atoms with E-state index in [0.29, 0.717) is 6.04 Å². The topological polar surface area (TPSA) is 38.3 Å². The van der Waals surface area contributed by atoms with Gasteiger partial charge in [-0.25, -0.2) is 0 Å². The van der Waals surface area contributed by atoms with E-state index in [2.05, 4.69) is 19.2 Å². The van der Waals surface area contributed by atoms with Crippen molar-refractivity contribution in [3.05, 3.63) is 0 Å². The van der Waals surface area contributed by atoms with Gasteiger partial charge in [0.25, 0.3) is 0 Å². The zero-order chi connectivity index (χ0) is 13.8. The average Bonchev–Trinajstić information content (AvgIpc) is 2.26. The van der Waals surface area contributed by atoms with Gasteiger partial charge in [0.2, 0.25) is 0 Å². The van der Waals surface area contributed by atoms with Crippen molar-refractivity contribution >= 4 is 5.97 Å². The zero-order valence-electron chi connectivity index (χ0n) is 12.6. The fourth-order valence-electron chi connectivity index (χ4n) is 3.13. The molecular formula is C15H29NO2. The summed E-state index contributed by atoms with van der Waals surface area (Å²) in [6.07, 6.45) is 6.28. The van der Waals surface area contributed by atoms with E-state index < -0.39 is 5.54 Å². The van der Waals surface area contributed by atoms with Crippen LogP contribution >= 0.6 is 0 Å². The van der Waals surface area contributed by atoms with Gasteiger partial charge in [-0.05, 0) is 44.9 Å². The van der Waals surface area contributed by atoms with E-state index in [0.717, 1.165) is 11.8 Å². The SMILES string of the molecule is COC(=O)C(C)(C)NC1CCCC(CC(C)C)C1. The van der Waals surface area contributed by atoms with Crippen LogP contribution in [0.2, 0.25) is 0 Å². The molecule has 0 spiro atoms. The Morgan fingerprint density at radius 3 is 2.61 bits per heavy atom. The molecule has 0 aromatic carbocycles. The van der Waals surface area contributed by atoms with E-state index in [9.17, 15) is 4.79 Å². The Kier molecular flexibility index (Phi) is 5.64. The summed E-state index contributed by atoms with van der Waals surface area (Å²) in [4.78, 5) is 11.7. The molecule has 3 nitrogen and oxygen atoms in total. The number of carbonyl (C=O) groups is 1. The van der Waals surface area contributed by atoms with E-state index in [1.165, 1.54) is 39.2 Å². The van der Waals surface area contributed by atoms with Crippen molar-refractivity contribution in [3.8, 4) is 0 Å². The summed E-state index contributed by atoms with van der Waals surface area (Å²) in [6, 6.07) is 0.455. The highest BCUT2D eigenvalue weighted by Gasteiger charge is 2.33. The lowest BCUT2D eigenvalue weighted by molar-refractivity contribution is -0.147. The molecule has 0 aromatic rings. The third kappa shape index (κ3) is 4.60. The normalized spacial score (nSPS) is 25.2. The number of methoxy groups -OCH3 is 1. The molecule has 2 unspecified atom stereocenters. The molecule has 0 bridgehead atoms. The van der Waals surface area contributed by atoms with Crippen molar-refractivity contribution in [2.45, 2.75) is 71.4 Å². The average molecular weight is 255 g/mol. The predicted molar refractivity (Wildman–Crippen MR) is 74.4 cm³/mol. The lowest BCUT2D eigenvalue weighted by Crippen LogP contribution is -2.53.